The number of benzene rings is 1. The average molecular weight is 523 g/mol. The first-order chi connectivity index (χ1) is 16.1. The second-order valence-electron chi connectivity index (χ2n) is 7.80. The number of hydrogen-bond donors (Lipinski definition) is 5. The van der Waals surface area contributed by atoms with Crippen LogP contribution in [-0.4, -0.2) is 43.7 Å². The maximum atomic E-state index is 12.2. The van der Waals surface area contributed by atoms with Gasteiger partial charge in [0.25, 0.3) is 5.91 Å². The Kier molecular flexibility index (Phi) is 8.70. The minimum atomic E-state index is -1.12. The van der Waals surface area contributed by atoms with Crippen LogP contribution in [0.15, 0.2) is 48.5 Å². The van der Waals surface area contributed by atoms with E-state index >= 15 is 0 Å². The third-order valence-electron chi connectivity index (χ3n) is 5.10. The monoisotopic (exact) mass is 521 g/mol. The number of aromatic carboxylic acids is 1. The molecule has 0 spiro atoms. The third kappa shape index (κ3) is 7.57. The molecule has 0 bridgehead atoms. The Balaban J connectivity index is 0.000000302. The van der Waals surface area contributed by atoms with Gasteiger partial charge < -0.3 is 25.5 Å². The molecule has 34 heavy (non-hydrogen) atoms. The summed E-state index contributed by atoms with van der Waals surface area (Å²) in [7, 11) is 0. The van der Waals surface area contributed by atoms with Crippen LogP contribution < -0.4 is 5.32 Å². The maximum Gasteiger partial charge on any atom is 0.352 e. The molecule has 1 aliphatic carbocycles. The fourth-order valence-electron chi connectivity index (χ4n) is 3.50. The van der Waals surface area contributed by atoms with Crippen molar-refractivity contribution in [3.8, 4) is 11.8 Å². The molecule has 1 amide bonds. The van der Waals surface area contributed by atoms with Crippen LogP contribution in [-0.2, 0) is 0 Å². The summed E-state index contributed by atoms with van der Waals surface area (Å²) in [6.45, 7) is 0. The quantitative estimate of drug-likeness (QED) is 0.306. The zero-order valence-electron chi connectivity index (χ0n) is 17.9. The minimum Gasteiger partial charge on any atom is -0.477 e. The molecule has 5 N–H and O–H groups in total. The number of carbonyl (C=O) groups is 2. The standard InChI is InChI=1S/C19H18Cl2N2O2.C5H4ClNO2/c20-14-4-1-3-13(11-14)8-10-19(25)9-2-5-15(12-19)22-18(24)16-6-7-17(21)23-16;6-4-2-1-3(7-4)5(8)9/h1,3-4,6-7,11,15,23,25H,2,5,9,12H2,(H,22,24);1-2,7H,(H,8,9)/t15-,19+;/m1./s1. The highest BCUT2D eigenvalue weighted by molar-refractivity contribution is 6.30. The zero-order valence-corrected chi connectivity index (χ0v) is 20.1. The fourth-order valence-corrected chi connectivity index (χ4v) is 4.02. The molecule has 1 fully saturated rings. The Morgan fingerprint density at radius 1 is 1.03 bits per heavy atom. The van der Waals surface area contributed by atoms with Crippen molar-refractivity contribution in [3.63, 3.8) is 0 Å². The highest BCUT2D eigenvalue weighted by Gasteiger charge is 2.33. The van der Waals surface area contributed by atoms with E-state index in [-0.39, 0.29) is 17.6 Å². The number of carbonyl (C=O) groups excluding carboxylic acids is 1. The number of nitrogens with one attached hydrogen (secondary N) is 3. The number of aromatic nitrogens is 2. The van der Waals surface area contributed by atoms with E-state index < -0.39 is 11.6 Å². The van der Waals surface area contributed by atoms with Gasteiger partial charge in [0.15, 0.2) is 0 Å². The van der Waals surface area contributed by atoms with E-state index in [9.17, 15) is 14.7 Å². The molecule has 2 heterocycles. The van der Waals surface area contributed by atoms with Crippen LogP contribution in [0.3, 0.4) is 0 Å². The van der Waals surface area contributed by atoms with Gasteiger partial charge in [-0.15, -0.1) is 0 Å². The normalized spacial score (nSPS) is 19.2. The highest BCUT2D eigenvalue weighted by Crippen LogP contribution is 2.28. The lowest BCUT2D eigenvalue weighted by Crippen LogP contribution is -2.45. The van der Waals surface area contributed by atoms with Crippen LogP contribution in [0.4, 0.5) is 0 Å². The number of halogens is 3. The van der Waals surface area contributed by atoms with E-state index in [1.165, 1.54) is 12.1 Å². The molecule has 1 aromatic carbocycles. The molecule has 0 saturated heterocycles. The Morgan fingerprint density at radius 3 is 2.26 bits per heavy atom. The van der Waals surface area contributed by atoms with Crippen molar-refractivity contribution in [2.45, 2.75) is 37.3 Å². The molecule has 4 rings (SSSR count). The number of rotatable bonds is 3. The molecule has 0 aliphatic heterocycles. The molecule has 178 valence electrons. The number of aliphatic hydroxyl groups is 1. The van der Waals surface area contributed by atoms with Gasteiger partial charge in [-0.25, -0.2) is 4.79 Å². The fraction of sp³-hybridized carbons (Fsp3) is 0.250. The molecule has 1 aliphatic rings. The number of amides is 1. The molecule has 0 radical (unpaired) electrons. The van der Waals surface area contributed by atoms with Crippen molar-refractivity contribution in [3.05, 3.63) is 80.8 Å². The van der Waals surface area contributed by atoms with E-state index in [1.54, 1.807) is 24.3 Å². The first kappa shape index (κ1) is 25.7. The second-order valence-corrected chi connectivity index (χ2v) is 9.05. The molecule has 2 aromatic heterocycles. The zero-order chi connectivity index (χ0) is 24.7. The Hall–Kier alpha value is -2.89. The second kappa shape index (κ2) is 11.5. The summed E-state index contributed by atoms with van der Waals surface area (Å²) in [4.78, 5) is 27.6. The Morgan fingerprint density at radius 2 is 1.71 bits per heavy atom. The first-order valence-electron chi connectivity index (χ1n) is 10.4. The van der Waals surface area contributed by atoms with Crippen molar-refractivity contribution in [2.24, 2.45) is 0 Å². The first-order valence-corrected chi connectivity index (χ1v) is 11.5. The van der Waals surface area contributed by atoms with Crippen LogP contribution in [0.1, 0.15) is 52.2 Å². The predicted octanol–water partition coefficient (Wildman–Crippen LogP) is 5.14. The van der Waals surface area contributed by atoms with Crippen molar-refractivity contribution < 1.29 is 19.8 Å². The number of carboxylic acids is 1. The lowest BCUT2D eigenvalue weighted by Gasteiger charge is -2.33. The molecule has 7 nitrogen and oxygen atoms in total. The van der Waals surface area contributed by atoms with Crippen LogP contribution in [0.5, 0.6) is 0 Å². The molecular weight excluding hydrogens is 501 g/mol. The summed E-state index contributed by atoms with van der Waals surface area (Å²) in [5.41, 5.74) is 0.156. The summed E-state index contributed by atoms with van der Waals surface area (Å²) < 4.78 is 0. The van der Waals surface area contributed by atoms with Gasteiger partial charge in [-0.2, -0.15) is 0 Å². The number of aromatic amines is 2. The summed E-state index contributed by atoms with van der Waals surface area (Å²) in [5, 5.41) is 23.4. The van der Waals surface area contributed by atoms with E-state index in [2.05, 4.69) is 27.1 Å². The summed E-state index contributed by atoms with van der Waals surface area (Å²) in [6, 6.07) is 13.2. The smallest absolute Gasteiger partial charge is 0.352 e. The highest BCUT2D eigenvalue weighted by atomic mass is 35.5. The van der Waals surface area contributed by atoms with Gasteiger partial charge in [-0.05, 0) is 61.7 Å². The maximum absolute atomic E-state index is 12.2. The van der Waals surface area contributed by atoms with Gasteiger partial charge in [-0.3, -0.25) is 4.79 Å². The summed E-state index contributed by atoms with van der Waals surface area (Å²) in [6.07, 6.45) is 2.57. The predicted molar refractivity (Wildman–Crippen MR) is 132 cm³/mol. The van der Waals surface area contributed by atoms with Gasteiger partial charge in [-0.1, -0.05) is 52.7 Å². The molecule has 2 atom stereocenters. The van der Waals surface area contributed by atoms with Gasteiger partial charge in [0.2, 0.25) is 0 Å². The van der Waals surface area contributed by atoms with E-state index in [0.29, 0.717) is 33.9 Å². The van der Waals surface area contributed by atoms with Crippen molar-refractivity contribution in [1.29, 1.82) is 0 Å². The SMILES string of the molecule is O=C(N[C@@H]1CCC[C@](O)(C#Cc2cccc(Cl)c2)C1)c1ccc(Cl)[nH]1.O=C(O)c1ccc(Cl)[nH]1. The summed E-state index contributed by atoms with van der Waals surface area (Å²) >= 11 is 17.1. The summed E-state index contributed by atoms with van der Waals surface area (Å²) in [5.74, 6) is 4.71. The number of carboxylic acid groups (broad SMARTS) is 1. The van der Waals surface area contributed by atoms with Crippen molar-refractivity contribution in [2.75, 3.05) is 0 Å². The topological polar surface area (TPSA) is 118 Å². The number of hydrogen-bond acceptors (Lipinski definition) is 3. The van der Waals surface area contributed by atoms with Crippen molar-refractivity contribution >= 4 is 46.7 Å². The van der Waals surface area contributed by atoms with Gasteiger partial charge in [0.05, 0.1) is 0 Å². The average Bonchev–Trinajstić information content (AvgIpc) is 3.42. The molecule has 1 saturated carbocycles. The Labute approximate surface area is 211 Å². The molecule has 3 aromatic rings. The van der Waals surface area contributed by atoms with E-state index in [4.69, 9.17) is 39.9 Å². The van der Waals surface area contributed by atoms with Crippen LogP contribution >= 0.6 is 34.8 Å². The lowest BCUT2D eigenvalue weighted by atomic mass is 9.82. The van der Waals surface area contributed by atoms with E-state index in [1.807, 2.05) is 12.1 Å². The van der Waals surface area contributed by atoms with Crippen LogP contribution in [0.2, 0.25) is 15.3 Å². The van der Waals surface area contributed by atoms with E-state index in [0.717, 1.165) is 18.4 Å². The minimum absolute atomic E-state index is 0.111. The largest absolute Gasteiger partial charge is 0.477 e. The molecule has 10 heteroatoms. The van der Waals surface area contributed by atoms with Crippen molar-refractivity contribution in [1.82, 2.24) is 15.3 Å². The Bertz CT molecular complexity index is 1230. The van der Waals surface area contributed by atoms with Crippen LogP contribution in [0.25, 0.3) is 0 Å². The third-order valence-corrected chi connectivity index (χ3v) is 5.78. The number of H-pyrrole nitrogens is 2. The van der Waals surface area contributed by atoms with Crippen LogP contribution in [0, 0.1) is 11.8 Å². The molecular formula is C24H22Cl3N3O4. The van der Waals surface area contributed by atoms with Gasteiger partial charge >= 0.3 is 5.97 Å². The van der Waals surface area contributed by atoms with Gasteiger partial charge in [0, 0.05) is 23.0 Å². The van der Waals surface area contributed by atoms with Gasteiger partial charge in [0.1, 0.15) is 27.3 Å². The molecule has 0 unspecified atom stereocenters. The lowest BCUT2D eigenvalue weighted by molar-refractivity contribution is 0.0451.